The van der Waals surface area contributed by atoms with Gasteiger partial charge in [0.15, 0.2) is 5.82 Å². The fraction of sp³-hybridized carbons (Fsp3) is 0.417. The van der Waals surface area contributed by atoms with Gasteiger partial charge in [-0.15, -0.1) is 0 Å². The Morgan fingerprint density at radius 1 is 1.16 bits per heavy atom. The number of benzene rings is 2. The molecule has 3 N–H and O–H groups in total. The van der Waals surface area contributed by atoms with Gasteiger partial charge in [0.2, 0.25) is 5.91 Å². The highest BCUT2D eigenvalue weighted by Crippen LogP contribution is 2.33. The molecular formula is C24H29FN2O4. The standard InChI is InChI=1S/C24H29FN2O4/c1-14-5-4-6-17(11-14)15(2)31-22-13-18(12-21(25)23(22)26-16(3)28)24(30)27-19-7-9-20(29)10-8-19/h4-6,11-13,15,19-20,29H,7-10H2,1-3H3,(H,26,28)(H,27,30). The lowest BCUT2D eigenvalue weighted by molar-refractivity contribution is -0.114. The number of aliphatic hydroxyl groups is 1. The first kappa shape index (κ1) is 22.7. The molecule has 166 valence electrons. The minimum atomic E-state index is -0.742. The lowest BCUT2D eigenvalue weighted by Crippen LogP contribution is -2.38. The number of hydrogen-bond acceptors (Lipinski definition) is 4. The predicted octanol–water partition coefficient (Wildman–Crippen LogP) is 4.27. The van der Waals surface area contributed by atoms with E-state index in [0.717, 1.165) is 17.2 Å². The number of carbonyl (C=O) groups is 2. The summed E-state index contributed by atoms with van der Waals surface area (Å²) in [6.45, 7) is 5.07. The average molecular weight is 429 g/mol. The zero-order valence-corrected chi connectivity index (χ0v) is 18.1. The lowest BCUT2D eigenvalue weighted by Gasteiger charge is -2.26. The van der Waals surface area contributed by atoms with Crippen molar-refractivity contribution in [2.24, 2.45) is 0 Å². The van der Waals surface area contributed by atoms with Gasteiger partial charge in [0, 0.05) is 18.5 Å². The Kier molecular flexibility index (Phi) is 7.28. The minimum absolute atomic E-state index is 0.0652. The number of carbonyl (C=O) groups excluding carboxylic acids is 2. The van der Waals surface area contributed by atoms with Crippen LogP contribution in [0.5, 0.6) is 5.75 Å². The Morgan fingerprint density at radius 3 is 2.52 bits per heavy atom. The SMILES string of the molecule is CC(=O)Nc1c(F)cc(C(=O)NC2CCC(O)CC2)cc1OC(C)c1cccc(C)c1. The van der Waals surface area contributed by atoms with Crippen LogP contribution in [0.1, 0.15) is 67.1 Å². The van der Waals surface area contributed by atoms with E-state index in [4.69, 9.17) is 4.74 Å². The molecule has 31 heavy (non-hydrogen) atoms. The van der Waals surface area contributed by atoms with E-state index in [9.17, 15) is 19.1 Å². The Morgan fingerprint density at radius 2 is 1.87 bits per heavy atom. The molecule has 7 heteroatoms. The van der Waals surface area contributed by atoms with E-state index in [2.05, 4.69) is 10.6 Å². The molecule has 2 aromatic rings. The Labute approximate surface area is 181 Å². The molecule has 2 amide bonds. The molecule has 1 saturated carbocycles. The molecule has 2 aromatic carbocycles. The number of rotatable bonds is 6. The summed E-state index contributed by atoms with van der Waals surface area (Å²) in [7, 11) is 0. The van der Waals surface area contributed by atoms with Crippen LogP contribution in [0.15, 0.2) is 36.4 Å². The third-order valence-electron chi connectivity index (χ3n) is 5.46. The Hall–Kier alpha value is -2.93. The van der Waals surface area contributed by atoms with Crippen molar-refractivity contribution in [3.8, 4) is 5.75 Å². The van der Waals surface area contributed by atoms with Crippen molar-refractivity contribution >= 4 is 17.5 Å². The average Bonchev–Trinajstić information content (AvgIpc) is 2.71. The second kappa shape index (κ2) is 9.92. The fourth-order valence-corrected chi connectivity index (χ4v) is 3.77. The first-order valence-corrected chi connectivity index (χ1v) is 10.6. The highest BCUT2D eigenvalue weighted by atomic mass is 19.1. The normalized spacial score (nSPS) is 19.4. The highest BCUT2D eigenvalue weighted by Gasteiger charge is 2.24. The van der Waals surface area contributed by atoms with Gasteiger partial charge in [0.1, 0.15) is 17.5 Å². The lowest BCUT2D eigenvalue weighted by atomic mass is 9.93. The number of nitrogens with one attached hydrogen (secondary N) is 2. The molecule has 0 spiro atoms. The maximum absolute atomic E-state index is 14.9. The van der Waals surface area contributed by atoms with Crippen LogP contribution in [0.4, 0.5) is 10.1 Å². The second-order valence-corrected chi connectivity index (χ2v) is 8.17. The molecule has 0 aromatic heterocycles. The van der Waals surface area contributed by atoms with Crippen LogP contribution >= 0.6 is 0 Å². The van der Waals surface area contributed by atoms with Gasteiger partial charge in [-0.1, -0.05) is 29.8 Å². The molecule has 1 fully saturated rings. The van der Waals surface area contributed by atoms with Crippen molar-refractivity contribution in [3.63, 3.8) is 0 Å². The van der Waals surface area contributed by atoms with Crippen molar-refractivity contribution in [2.75, 3.05) is 5.32 Å². The van der Waals surface area contributed by atoms with E-state index in [0.29, 0.717) is 25.7 Å². The molecule has 6 nitrogen and oxygen atoms in total. The van der Waals surface area contributed by atoms with E-state index < -0.39 is 23.7 Å². The van der Waals surface area contributed by atoms with E-state index in [-0.39, 0.29) is 29.1 Å². The van der Waals surface area contributed by atoms with Crippen LogP contribution in [0.25, 0.3) is 0 Å². The summed E-state index contributed by atoms with van der Waals surface area (Å²) in [6.07, 6.45) is 1.85. The van der Waals surface area contributed by atoms with E-state index in [1.54, 1.807) is 0 Å². The minimum Gasteiger partial charge on any atom is -0.484 e. The summed E-state index contributed by atoms with van der Waals surface area (Å²) in [5.74, 6) is -1.51. The second-order valence-electron chi connectivity index (χ2n) is 8.17. The number of halogens is 1. The number of anilines is 1. The van der Waals surface area contributed by atoms with E-state index in [1.165, 1.54) is 13.0 Å². The van der Waals surface area contributed by atoms with Crippen LogP contribution < -0.4 is 15.4 Å². The molecule has 0 bridgehead atoms. The maximum atomic E-state index is 14.9. The van der Waals surface area contributed by atoms with Crippen molar-refractivity contribution in [1.82, 2.24) is 5.32 Å². The molecule has 1 aliphatic rings. The van der Waals surface area contributed by atoms with Crippen LogP contribution in [0.3, 0.4) is 0 Å². The fourth-order valence-electron chi connectivity index (χ4n) is 3.77. The number of aryl methyl sites for hydroxylation is 1. The molecule has 0 radical (unpaired) electrons. The molecule has 0 saturated heterocycles. The molecule has 1 unspecified atom stereocenters. The molecule has 0 heterocycles. The van der Waals surface area contributed by atoms with Gasteiger partial charge in [0.05, 0.1) is 6.10 Å². The van der Waals surface area contributed by atoms with Crippen LogP contribution in [-0.4, -0.2) is 29.1 Å². The van der Waals surface area contributed by atoms with E-state index in [1.807, 2.05) is 38.1 Å². The summed E-state index contributed by atoms with van der Waals surface area (Å²) in [5.41, 5.74) is 1.98. The van der Waals surface area contributed by atoms with Gasteiger partial charge in [0.25, 0.3) is 5.91 Å². The first-order valence-electron chi connectivity index (χ1n) is 10.6. The third kappa shape index (κ3) is 6.04. The summed E-state index contributed by atoms with van der Waals surface area (Å²) < 4.78 is 20.9. The molecule has 0 aliphatic heterocycles. The number of aliphatic hydroxyl groups excluding tert-OH is 1. The number of amides is 2. The predicted molar refractivity (Wildman–Crippen MR) is 117 cm³/mol. The zero-order chi connectivity index (χ0) is 22.5. The number of hydrogen-bond donors (Lipinski definition) is 3. The molecule has 1 atom stereocenters. The van der Waals surface area contributed by atoms with Gasteiger partial charge < -0.3 is 20.5 Å². The van der Waals surface area contributed by atoms with Crippen molar-refractivity contribution in [2.45, 2.75) is 64.7 Å². The maximum Gasteiger partial charge on any atom is 0.251 e. The number of ether oxygens (including phenoxy) is 1. The van der Waals surface area contributed by atoms with Gasteiger partial charge in [-0.05, 0) is 57.2 Å². The largest absolute Gasteiger partial charge is 0.484 e. The summed E-state index contributed by atoms with van der Waals surface area (Å²) in [6, 6.07) is 10.2. The Bertz CT molecular complexity index is 955. The topological polar surface area (TPSA) is 87.7 Å². The molecule has 3 rings (SSSR count). The monoisotopic (exact) mass is 428 g/mol. The van der Waals surface area contributed by atoms with Gasteiger partial charge >= 0.3 is 0 Å². The summed E-state index contributed by atoms with van der Waals surface area (Å²) in [5, 5.41) is 15.0. The van der Waals surface area contributed by atoms with Crippen molar-refractivity contribution < 1.29 is 23.8 Å². The quantitative estimate of drug-likeness (QED) is 0.641. The first-order chi connectivity index (χ1) is 14.7. The van der Waals surface area contributed by atoms with E-state index >= 15 is 0 Å². The Balaban J connectivity index is 1.85. The zero-order valence-electron chi connectivity index (χ0n) is 18.1. The van der Waals surface area contributed by atoms with Crippen LogP contribution in [0.2, 0.25) is 0 Å². The molecule has 1 aliphatic carbocycles. The van der Waals surface area contributed by atoms with Gasteiger partial charge in [-0.25, -0.2) is 4.39 Å². The smallest absolute Gasteiger partial charge is 0.251 e. The summed E-state index contributed by atoms with van der Waals surface area (Å²) in [4.78, 5) is 24.3. The van der Waals surface area contributed by atoms with Gasteiger partial charge in [-0.3, -0.25) is 9.59 Å². The summed E-state index contributed by atoms with van der Waals surface area (Å²) >= 11 is 0. The van der Waals surface area contributed by atoms with Gasteiger partial charge in [-0.2, -0.15) is 0 Å². The third-order valence-corrected chi connectivity index (χ3v) is 5.46. The van der Waals surface area contributed by atoms with Crippen LogP contribution in [-0.2, 0) is 4.79 Å². The van der Waals surface area contributed by atoms with Crippen molar-refractivity contribution in [1.29, 1.82) is 0 Å². The molecular weight excluding hydrogens is 399 g/mol. The highest BCUT2D eigenvalue weighted by molar-refractivity contribution is 5.97. The van der Waals surface area contributed by atoms with Crippen LogP contribution in [0, 0.1) is 12.7 Å². The van der Waals surface area contributed by atoms with Crippen molar-refractivity contribution in [3.05, 3.63) is 58.9 Å².